The lowest BCUT2D eigenvalue weighted by molar-refractivity contribution is 0.139. The summed E-state index contributed by atoms with van der Waals surface area (Å²) in [7, 11) is 1.57. The van der Waals surface area contributed by atoms with E-state index in [2.05, 4.69) is 15.1 Å². The van der Waals surface area contributed by atoms with Crippen molar-refractivity contribution in [1.29, 1.82) is 0 Å². The summed E-state index contributed by atoms with van der Waals surface area (Å²) in [4.78, 5) is 31.0. The third-order valence-corrected chi connectivity index (χ3v) is 3.85. The lowest BCUT2D eigenvalue weighted by Gasteiger charge is -2.09. The Labute approximate surface area is 137 Å². The lowest BCUT2D eigenvalue weighted by atomic mass is 10.4. The molecule has 0 saturated heterocycles. The van der Waals surface area contributed by atoms with Crippen molar-refractivity contribution in [1.82, 2.24) is 28.9 Å². The van der Waals surface area contributed by atoms with Crippen LogP contribution in [-0.4, -0.2) is 42.1 Å². The Morgan fingerprint density at radius 3 is 2.67 bits per heavy atom. The van der Waals surface area contributed by atoms with Gasteiger partial charge in [-0.25, -0.2) is 9.48 Å². The zero-order valence-corrected chi connectivity index (χ0v) is 14.2. The van der Waals surface area contributed by atoms with Gasteiger partial charge in [0.1, 0.15) is 0 Å². The molecule has 3 heterocycles. The van der Waals surface area contributed by atoms with E-state index in [0.29, 0.717) is 36.9 Å². The largest absolute Gasteiger partial charge is 0.380 e. The molecule has 0 amide bonds. The molecule has 0 atom stereocenters. The van der Waals surface area contributed by atoms with Crippen molar-refractivity contribution < 1.29 is 4.74 Å². The number of imidazole rings is 1. The molecule has 0 bridgehead atoms. The third-order valence-electron chi connectivity index (χ3n) is 3.85. The van der Waals surface area contributed by atoms with Gasteiger partial charge in [0.2, 0.25) is 5.95 Å². The Hall–Kier alpha value is -2.68. The van der Waals surface area contributed by atoms with E-state index in [9.17, 15) is 9.59 Å². The first kappa shape index (κ1) is 16.2. The molecule has 3 aromatic heterocycles. The SMILES string of the molecule is CCOCCn1c(-n2nc(C)cc2C)nc2c1c(=O)[nH]c(=O)n2C. The summed E-state index contributed by atoms with van der Waals surface area (Å²) >= 11 is 0. The summed E-state index contributed by atoms with van der Waals surface area (Å²) in [6, 6.07) is 1.93. The fourth-order valence-electron chi connectivity index (χ4n) is 2.73. The first-order valence-electron chi connectivity index (χ1n) is 7.75. The number of aromatic amines is 1. The summed E-state index contributed by atoms with van der Waals surface area (Å²) in [6.45, 7) is 7.14. The van der Waals surface area contributed by atoms with Crippen LogP contribution in [0, 0.1) is 13.8 Å². The second-order valence-corrected chi connectivity index (χ2v) is 5.59. The van der Waals surface area contributed by atoms with Gasteiger partial charge in [0.15, 0.2) is 11.2 Å². The summed E-state index contributed by atoms with van der Waals surface area (Å²) in [5.41, 5.74) is 1.43. The number of hydrogen-bond acceptors (Lipinski definition) is 5. The van der Waals surface area contributed by atoms with Gasteiger partial charge in [0.05, 0.1) is 12.3 Å². The summed E-state index contributed by atoms with van der Waals surface area (Å²) < 4.78 is 10.1. The first-order valence-corrected chi connectivity index (χ1v) is 7.75. The van der Waals surface area contributed by atoms with Crippen molar-refractivity contribution in [2.75, 3.05) is 13.2 Å². The molecule has 128 valence electrons. The Balaban J connectivity index is 2.31. The summed E-state index contributed by atoms with van der Waals surface area (Å²) in [5, 5.41) is 4.44. The van der Waals surface area contributed by atoms with E-state index in [-0.39, 0.29) is 0 Å². The van der Waals surface area contributed by atoms with Crippen LogP contribution in [-0.2, 0) is 18.3 Å². The lowest BCUT2D eigenvalue weighted by Crippen LogP contribution is -2.29. The van der Waals surface area contributed by atoms with Gasteiger partial charge in [-0.2, -0.15) is 10.1 Å². The van der Waals surface area contributed by atoms with E-state index >= 15 is 0 Å². The van der Waals surface area contributed by atoms with Crippen molar-refractivity contribution >= 4 is 11.2 Å². The number of ether oxygens (including phenoxy) is 1. The highest BCUT2D eigenvalue weighted by Gasteiger charge is 2.20. The van der Waals surface area contributed by atoms with Crippen molar-refractivity contribution in [2.24, 2.45) is 7.05 Å². The van der Waals surface area contributed by atoms with Gasteiger partial charge in [0, 0.05) is 25.9 Å². The molecule has 24 heavy (non-hydrogen) atoms. The molecular weight excluding hydrogens is 312 g/mol. The molecule has 0 aliphatic heterocycles. The Bertz CT molecular complexity index is 1010. The molecule has 3 aromatic rings. The standard InChI is InChI=1S/C15H20N6O3/c1-5-24-7-6-20-11-12(19(4)15(23)17-13(11)22)16-14(20)21-10(3)8-9(2)18-21/h8H,5-7H2,1-4H3,(H,17,22,23). The maximum Gasteiger partial charge on any atom is 0.329 e. The fraction of sp³-hybridized carbons (Fsp3) is 0.467. The number of rotatable bonds is 5. The number of hydrogen-bond donors (Lipinski definition) is 1. The third kappa shape index (κ3) is 2.56. The van der Waals surface area contributed by atoms with E-state index in [1.807, 2.05) is 26.8 Å². The molecule has 0 spiro atoms. The van der Waals surface area contributed by atoms with Crippen LogP contribution < -0.4 is 11.2 Å². The molecule has 3 rings (SSSR count). The fourth-order valence-corrected chi connectivity index (χ4v) is 2.73. The van der Waals surface area contributed by atoms with Crippen molar-refractivity contribution in [3.63, 3.8) is 0 Å². The van der Waals surface area contributed by atoms with E-state index in [1.165, 1.54) is 4.57 Å². The maximum absolute atomic E-state index is 12.3. The maximum atomic E-state index is 12.3. The summed E-state index contributed by atoms with van der Waals surface area (Å²) in [6.07, 6.45) is 0. The second kappa shape index (κ2) is 6.08. The minimum atomic E-state index is -0.498. The highest BCUT2D eigenvalue weighted by Crippen LogP contribution is 2.16. The highest BCUT2D eigenvalue weighted by molar-refractivity contribution is 5.72. The molecule has 9 nitrogen and oxygen atoms in total. The van der Waals surface area contributed by atoms with Crippen molar-refractivity contribution in [2.45, 2.75) is 27.3 Å². The second-order valence-electron chi connectivity index (χ2n) is 5.59. The molecule has 0 aromatic carbocycles. The predicted molar refractivity (Wildman–Crippen MR) is 88.7 cm³/mol. The quantitative estimate of drug-likeness (QED) is 0.676. The van der Waals surface area contributed by atoms with Gasteiger partial charge in [-0.3, -0.25) is 14.3 Å². The van der Waals surface area contributed by atoms with Gasteiger partial charge in [-0.15, -0.1) is 0 Å². The molecule has 0 saturated carbocycles. The molecule has 0 aliphatic rings. The summed E-state index contributed by atoms with van der Waals surface area (Å²) in [5.74, 6) is 0.488. The number of H-pyrrole nitrogens is 1. The van der Waals surface area contributed by atoms with E-state index in [4.69, 9.17) is 4.74 Å². The highest BCUT2D eigenvalue weighted by atomic mass is 16.5. The van der Waals surface area contributed by atoms with Crippen LogP contribution in [0.25, 0.3) is 17.1 Å². The number of fused-ring (bicyclic) bond motifs is 1. The number of aromatic nitrogens is 6. The van der Waals surface area contributed by atoms with Gasteiger partial charge in [0.25, 0.3) is 5.56 Å². The number of nitrogens with zero attached hydrogens (tertiary/aromatic N) is 5. The molecule has 1 N–H and O–H groups in total. The van der Waals surface area contributed by atoms with Gasteiger partial charge >= 0.3 is 5.69 Å². The smallest absolute Gasteiger partial charge is 0.329 e. The number of aryl methyl sites for hydroxylation is 3. The zero-order chi connectivity index (χ0) is 17.4. The van der Waals surface area contributed by atoms with Crippen LogP contribution in [0.15, 0.2) is 15.7 Å². The monoisotopic (exact) mass is 332 g/mol. The minimum Gasteiger partial charge on any atom is -0.380 e. The van der Waals surface area contributed by atoms with Crippen LogP contribution in [0.4, 0.5) is 0 Å². The Morgan fingerprint density at radius 2 is 2.04 bits per heavy atom. The minimum absolute atomic E-state index is 0.322. The first-order chi connectivity index (χ1) is 11.4. The molecule has 0 radical (unpaired) electrons. The van der Waals surface area contributed by atoms with Gasteiger partial charge in [-0.05, 0) is 26.8 Å². The van der Waals surface area contributed by atoms with E-state index in [1.54, 1.807) is 16.3 Å². The van der Waals surface area contributed by atoms with Crippen LogP contribution >= 0.6 is 0 Å². The van der Waals surface area contributed by atoms with Crippen LogP contribution in [0.5, 0.6) is 0 Å². The molecular formula is C15H20N6O3. The average Bonchev–Trinajstić information content (AvgIpc) is 3.05. The van der Waals surface area contributed by atoms with Crippen molar-refractivity contribution in [3.8, 4) is 5.95 Å². The molecule has 9 heteroatoms. The topological polar surface area (TPSA) is 99.7 Å². The van der Waals surface area contributed by atoms with Gasteiger partial charge in [-0.1, -0.05) is 0 Å². The normalized spacial score (nSPS) is 11.5. The van der Waals surface area contributed by atoms with Gasteiger partial charge < -0.3 is 9.30 Å². The molecule has 0 aliphatic carbocycles. The average molecular weight is 332 g/mol. The number of nitrogens with one attached hydrogen (secondary N) is 1. The van der Waals surface area contributed by atoms with Crippen LogP contribution in [0.1, 0.15) is 18.3 Å². The van der Waals surface area contributed by atoms with Crippen LogP contribution in [0.2, 0.25) is 0 Å². The van der Waals surface area contributed by atoms with E-state index < -0.39 is 11.2 Å². The van der Waals surface area contributed by atoms with E-state index in [0.717, 1.165) is 11.4 Å². The Kier molecular flexibility index (Phi) is 4.10. The molecule has 0 unspecified atom stereocenters. The zero-order valence-electron chi connectivity index (χ0n) is 14.2. The predicted octanol–water partition coefficient (Wildman–Crippen LogP) is 0.262. The molecule has 0 fully saturated rings. The Morgan fingerprint density at radius 1 is 1.29 bits per heavy atom. The van der Waals surface area contributed by atoms with Crippen molar-refractivity contribution in [3.05, 3.63) is 38.3 Å². The van der Waals surface area contributed by atoms with Crippen LogP contribution in [0.3, 0.4) is 0 Å².